The molecule has 0 N–H and O–H groups in total. The summed E-state index contributed by atoms with van der Waals surface area (Å²) in [7, 11) is 0. The zero-order chi connectivity index (χ0) is 34.4. The molecule has 0 aliphatic carbocycles. The molecule has 0 radical (unpaired) electrons. The highest BCUT2D eigenvalue weighted by Crippen LogP contribution is 2.54. The van der Waals surface area contributed by atoms with Gasteiger partial charge in [0.15, 0.2) is 0 Å². The molecule has 0 saturated carbocycles. The van der Waals surface area contributed by atoms with Gasteiger partial charge in [-0.05, 0) is 19.1 Å². The van der Waals surface area contributed by atoms with Gasteiger partial charge in [0.1, 0.15) is 0 Å². The van der Waals surface area contributed by atoms with E-state index in [1.807, 2.05) is 0 Å². The third-order valence-electron chi connectivity index (χ3n) is 5.27. The van der Waals surface area contributed by atoms with Gasteiger partial charge in [0.05, 0.1) is 13.1 Å². The van der Waals surface area contributed by atoms with Gasteiger partial charge in [-0.3, -0.25) is 0 Å². The fourth-order valence-corrected chi connectivity index (χ4v) is 2.86. The maximum atomic E-state index is 13.6. The molecule has 24 heteroatoms. The van der Waals surface area contributed by atoms with Crippen LogP contribution < -0.4 is 17.1 Å². The largest absolute Gasteiger partial charge is 0.460 e. The number of halogens is 18. The molecule has 0 bridgehead atoms. The molecule has 43 heavy (non-hydrogen) atoms. The van der Waals surface area contributed by atoms with Gasteiger partial charge in [-0.15, -0.1) is 0 Å². The molecule has 0 aliphatic heterocycles. The summed E-state index contributed by atoms with van der Waals surface area (Å²) < 4.78 is 232. The molecule has 0 saturated heterocycles. The number of aromatic nitrogens is 3. The SMILES string of the molecule is CCn1c(=O)n(C/C=C/C(F)(F)C(F)(F)C(F)(F)C(F)(F)F)c(=O)n(C/C=C/C(F)(F)C(F)(F)C(F)(F)C(F)(F)F)c1=O. The second kappa shape index (κ2) is 11.3. The Morgan fingerprint density at radius 1 is 0.465 bits per heavy atom. The minimum atomic E-state index is -7.32. The van der Waals surface area contributed by atoms with Gasteiger partial charge in [-0.1, -0.05) is 12.2 Å². The topological polar surface area (TPSA) is 66.0 Å². The van der Waals surface area contributed by atoms with Crippen LogP contribution in [0.4, 0.5) is 79.0 Å². The zero-order valence-electron chi connectivity index (χ0n) is 20.3. The van der Waals surface area contributed by atoms with Crippen LogP contribution in [0.25, 0.3) is 0 Å². The zero-order valence-corrected chi connectivity index (χ0v) is 20.3. The minimum Gasteiger partial charge on any atom is -0.247 e. The molecule has 0 fully saturated rings. The van der Waals surface area contributed by atoms with E-state index < -0.39 is 118 Å². The van der Waals surface area contributed by atoms with E-state index in [9.17, 15) is 93.4 Å². The maximum Gasteiger partial charge on any atom is 0.460 e. The van der Waals surface area contributed by atoms with Crippen LogP contribution in [0.2, 0.25) is 0 Å². The number of hydrogen-bond donors (Lipinski definition) is 0. The molecule has 0 aromatic carbocycles. The Hall–Kier alpha value is -3.37. The van der Waals surface area contributed by atoms with Gasteiger partial charge in [-0.2, -0.15) is 79.0 Å². The van der Waals surface area contributed by atoms with Crippen LogP contribution >= 0.6 is 0 Å². The molecule has 0 unspecified atom stereocenters. The highest BCUT2D eigenvalue weighted by Gasteiger charge is 2.82. The minimum absolute atomic E-state index is 0.0574. The summed E-state index contributed by atoms with van der Waals surface area (Å²) >= 11 is 0. The molecule has 0 aliphatic rings. The van der Waals surface area contributed by atoms with Crippen molar-refractivity contribution in [2.24, 2.45) is 0 Å². The van der Waals surface area contributed by atoms with Gasteiger partial charge in [0.25, 0.3) is 0 Å². The van der Waals surface area contributed by atoms with Crippen molar-refractivity contribution in [3.63, 3.8) is 0 Å². The lowest BCUT2D eigenvalue weighted by molar-refractivity contribution is -0.388. The van der Waals surface area contributed by atoms with E-state index in [1.54, 1.807) is 0 Å². The molecule has 0 spiro atoms. The van der Waals surface area contributed by atoms with E-state index in [0.717, 1.165) is 6.92 Å². The predicted octanol–water partition coefficient (Wildman–Crippen LogP) is 5.24. The van der Waals surface area contributed by atoms with Crippen molar-refractivity contribution in [2.45, 2.75) is 74.4 Å². The molecular formula is C19H13F18N3O3. The molecule has 1 aromatic rings. The first-order valence-electron chi connectivity index (χ1n) is 10.6. The van der Waals surface area contributed by atoms with Crippen molar-refractivity contribution in [3.05, 3.63) is 55.8 Å². The average Bonchev–Trinajstić information content (AvgIpc) is 2.81. The van der Waals surface area contributed by atoms with Gasteiger partial charge in [0.2, 0.25) is 0 Å². The van der Waals surface area contributed by atoms with E-state index in [1.165, 1.54) is 0 Å². The Balaban J connectivity index is 3.55. The molecular weight excluding hydrogens is 660 g/mol. The summed E-state index contributed by atoms with van der Waals surface area (Å²) in [5, 5.41) is 0. The van der Waals surface area contributed by atoms with Gasteiger partial charge in [0, 0.05) is 6.54 Å². The van der Waals surface area contributed by atoms with Crippen LogP contribution in [0.15, 0.2) is 38.7 Å². The van der Waals surface area contributed by atoms with Gasteiger partial charge >= 0.3 is 65.0 Å². The van der Waals surface area contributed by atoms with Crippen molar-refractivity contribution < 1.29 is 79.0 Å². The van der Waals surface area contributed by atoms with Crippen LogP contribution in [0.1, 0.15) is 6.92 Å². The fraction of sp³-hybridized carbons (Fsp3) is 0.632. The first-order valence-corrected chi connectivity index (χ1v) is 10.6. The summed E-state index contributed by atoms with van der Waals surface area (Å²) in [5.41, 5.74) is -5.74. The van der Waals surface area contributed by atoms with E-state index in [-0.39, 0.29) is 4.57 Å². The molecule has 0 amide bonds. The number of alkyl halides is 18. The Bertz CT molecular complexity index is 1310. The van der Waals surface area contributed by atoms with Crippen LogP contribution in [0.5, 0.6) is 0 Å². The molecule has 1 aromatic heterocycles. The first-order chi connectivity index (χ1) is 18.9. The third-order valence-corrected chi connectivity index (χ3v) is 5.27. The van der Waals surface area contributed by atoms with E-state index in [4.69, 9.17) is 0 Å². The number of rotatable bonds is 11. The van der Waals surface area contributed by atoms with E-state index >= 15 is 0 Å². The van der Waals surface area contributed by atoms with Crippen molar-refractivity contribution in [1.82, 2.24) is 13.7 Å². The summed E-state index contributed by atoms with van der Waals surface area (Å²) in [4.78, 5) is 36.9. The normalized spacial score (nSPS) is 15.2. The van der Waals surface area contributed by atoms with Crippen molar-refractivity contribution in [1.29, 1.82) is 0 Å². The quantitative estimate of drug-likeness (QED) is 0.239. The summed E-state index contributed by atoms with van der Waals surface area (Å²) in [6.45, 7) is -3.30. The third kappa shape index (κ3) is 6.31. The highest BCUT2D eigenvalue weighted by atomic mass is 19.4. The maximum absolute atomic E-state index is 13.6. The molecule has 1 heterocycles. The first kappa shape index (κ1) is 37.7. The lowest BCUT2D eigenvalue weighted by Crippen LogP contribution is -2.60. The Morgan fingerprint density at radius 3 is 0.953 bits per heavy atom. The monoisotopic (exact) mass is 673 g/mol. The second-order valence-electron chi connectivity index (χ2n) is 8.16. The van der Waals surface area contributed by atoms with E-state index in [2.05, 4.69) is 0 Å². The number of nitrogens with zero attached hydrogens (tertiary/aromatic N) is 3. The van der Waals surface area contributed by atoms with Gasteiger partial charge < -0.3 is 0 Å². The van der Waals surface area contributed by atoms with Crippen LogP contribution in [0.3, 0.4) is 0 Å². The van der Waals surface area contributed by atoms with Crippen LogP contribution in [-0.4, -0.2) is 61.6 Å². The molecule has 1 rings (SSSR count). The Labute approximate surface area is 224 Å². The van der Waals surface area contributed by atoms with Gasteiger partial charge in [-0.25, -0.2) is 28.1 Å². The summed E-state index contributed by atoms with van der Waals surface area (Å²) in [6.07, 6.45) is -17.8. The standard InChI is InChI=1S/C19H13F18N3O3/c1-2-38-9(41)39(7-3-5-12(20,21)14(24,25)16(28,29)18(32,33)34)11(43)40(10(38)42)8-4-6-13(22,23)15(26,27)17(30,31)19(35,36)37/h3-6H,2,7-8H2,1H3/b5-3+,6-4+. The summed E-state index contributed by atoms with van der Waals surface area (Å²) in [6, 6.07) is 0. The van der Waals surface area contributed by atoms with Crippen molar-refractivity contribution in [3.8, 4) is 0 Å². The van der Waals surface area contributed by atoms with Crippen LogP contribution in [0, 0.1) is 0 Å². The molecule has 6 nitrogen and oxygen atoms in total. The van der Waals surface area contributed by atoms with Crippen molar-refractivity contribution >= 4 is 0 Å². The fourth-order valence-electron chi connectivity index (χ4n) is 2.86. The lowest BCUT2D eigenvalue weighted by atomic mass is 10.0. The summed E-state index contributed by atoms with van der Waals surface area (Å²) in [5.74, 6) is -41.6. The number of allylic oxidation sites excluding steroid dienone is 4. The Kier molecular flexibility index (Phi) is 9.88. The highest BCUT2D eigenvalue weighted by molar-refractivity contribution is 5.11. The smallest absolute Gasteiger partial charge is 0.247 e. The Morgan fingerprint density at radius 2 is 0.721 bits per heavy atom. The predicted molar refractivity (Wildman–Crippen MR) is 105 cm³/mol. The van der Waals surface area contributed by atoms with E-state index in [0.29, 0.717) is 0 Å². The average molecular weight is 673 g/mol. The molecule has 248 valence electrons. The number of hydrogen-bond acceptors (Lipinski definition) is 3. The van der Waals surface area contributed by atoms with Crippen LogP contribution in [-0.2, 0) is 19.6 Å². The van der Waals surface area contributed by atoms with Crippen molar-refractivity contribution in [2.75, 3.05) is 0 Å². The molecule has 0 atom stereocenters. The lowest BCUT2D eigenvalue weighted by Gasteiger charge is -2.32. The second-order valence-corrected chi connectivity index (χ2v) is 8.16.